The Kier molecular flexibility index (Phi) is 5.97. The summed E-state index contributed by atoms with van der Waals surface area (Å²) in [5, 5.41) is 12.7. The molecular weight excluding hydrogens is 396 g/mol. The van der Waals surface area contributed by atoms with E-state index in [1.807, 2.05) is 35.2 Å². The highest BCUT2D eigenvalue weighted by Crippen LogP contribution is 2.33. The normalized spacial score (nSPS) is 14.0. The fourth-order valence-corrected chi connectivity index (χ4v) is 3.99. The van der Waals surface area contributed by atoms with Crippen molar-refractivity contribution in [2.45, 2.75) is 12.8 Å². The molecule has 1 aromatic heterocycles. The highest BCUT2D eigenvalue weighted by atomic mass is 16.6. The SMILES string of the molecule is COc1ccc(CCC(=O)N2CCN(c3ccc([N+](=O)[O-])c4cnccc34)CC2)cc1. The summed E-state index contributed by atoms with van der Waals surface area (Å²) < 4.78 is 5.16. The molecule has 2 aromatic carbocycles. The van der Waals surface area contributed by atoms with Crippen molar-refractivity contribution in [3.8, 4) is 5.75 Å². The van der Waals surface area contributed by atoms with E-state index in [1.165, 1.54) is 12.3 Å². The third-order valence-electron chi connectivity index (χ3n) is 5.73. The molecule has 3 aromatic rings. The molecule has 4 rings (SSSR count). The first-order chi connectivity index (χ1) is 15.1. The predicted molar refractivity (Wildman–Crippen MR) is 119 cm³/mol. The van der Waals surface area contributed by atoms with Gasteiger partial charge in [-0.05, 0) is 36.2 Å². The van der Waals surface area contributed by atoms with Crippen LogP contribution in [0, 0.1) is 10.1 Å². The van der Waals surface area contributed by atoms with E-state index >= 15 is 0 Å². The number of methoxy groups -OCH3 is 1. The van der Waals surface area contributed by atoms with E-state index in [2.05, 4.69) is 9.88 Å². The van der Waals surface area contributed by atoms with Gasteiger partial charge in [0, 0.05) is 62.1 Å². The molecule has 0 saturated carbocycles. The van der Waals surface area contributed by atoms with Crippen LogP contribution in [0.1, 0.15) is 12.0 Å². The number of ether oxygens (including phenoxy) is 1. The van der Waals surface area contributed by atoms with Crippen molar-refractivity contribution >= 4 is 28.1 Å². The Morgan fingerprint density at radius 1 is 1.06 bits per heavy atom. The summed E-state index contributed by atoms with van der Waals surface area (Å²) in [5.41, 5.74) is 2.10. The molecular formula is C23H24N4O4. The summed E-state index contributed by atoms with van der Waals surface area (Å²) in [6.07, 6.45) is 4.35. The molecule has 0 radical (unpaired) electrons. The Hall–Kier alpha value is -3.68. The minimum Gasteiger partial charge on any atom is -0.497 e. The molecule has 0 atom stereocenters. The number of benzene rings is 2. The lowest BCUT2D eigenvalue weighted by atomic mass is 10.1. The van der Waals surface area contributed by atoms with E-state index in [0.717, 1.165) is 22.4 Å². The fourth-order valence-electron chi connectivity index (χ4n) is 3.99. The molecule has 0 unspecified atom stereocenters. The van der Waals surface area contributed by atoms with Crippen LogP contribution in [0.25, 0.3) is 10.8 Å². The quantitative estimate of drug-likeness (QED) is 0.448. The number of nitrogens with zero attached hydrogens (tertiary/aromatic N) is 4. The second-order valence-corrected chi connectivity index (χ2v) is 7.50. The van der Waals surface area contributed by atoms with Crippen molar-refractivity contribution in [2.24, 2.45) is 0 Å². The number of nitro benzene ring substituents is 1. The molecule has 0 aliphatic carbocycles. The van der Waals surface area contributed by atoms with Crippen molar-refractivity contribution in [1.29, 1.82) is 0 Å². The van der Waals surface area contributed by atoms with Crippen LogP contribution in [0.3, 0.4) is 0 Å². The van der Waals surface area contributed by atoms with E-state index in [-0.39, 0.29) is 16.5 Å². The second kappa shape index (κ2) is 8.99. The van der Waals surface area contributed by atoms with E-state index in [4.69, 9.17) is 4.74 Å². The predicted octanol–water partition coefficient (Wildman–Crippen LogP) is 3.43. The van der Waals surface area contributed by atoms with Gasteiger partial charge in [-0.2, -0.15) is 0 Å². The lowest BCUT2D eigenvalue weighted by molar-refractivity contribution is -0.383. The van der Waals surface area contributed by atoms with E-state index < -0.39 is 0 Å². The van der Waals surface area contributed by atoms with Gasteiger partial charge in [0.2, 0.25) is 5.91 Å². The Labute approximate surface area is 180 Å². The average Bonchev–Trinajstić information content (AvgIpc) is 2.82. The number of fused-ring (bicyclic) bond motifs is 1. The van der Waals surface area contributed by atoms with E-state index in [1.54, 1.807) is 19.4 Å². The maximum Gasteiger partial charge on any atom is 0.278 e. The summed E-state index contributed by atoms with van der Waals surface area (Å²) in [4.78, 5) is 31.7. The van der Waals surface area contributed by atoms with Crippen LogP contribution < -0.4 is 9.64 Å². The molecule has 2 heterocycles. The monoisotopic (exact) mass is 420 g/mol. The zero-order chi connectivity index (χ0) is 21.8. The highest BCUT2D eigenvalue weighted by molar-refractivity contribution is 5.99. The van der Waals surface area contributed by atoms with Gasteiger partial charge < -0.3 is 14.5 Å². The van der Waals surface area contributed by atoms with E-state index in [0.29, 0.717) is 44.4 Å². The van der Waals surface area contributed by atoms with Crippen LogP contribution in [-0.2, 0) is 11.2 Å². The molecule has 31 heavy (non-hydrogen) atoms. The molecule has 1 saturated heterocycles. The first kappa shape index (κ1) is 20.6. The number of piperazine rings is 1. The number of amides is 1. The number of nitro groups is 1. The maximum absolute atomic E-state index is 12.7. The lowest BCUT2D eigenvalue weighted by Gasteiger charge is -2.36. The Morgan fingerprint density at radius 2 is 1.81 bits per heavy atom. The second-order valence-electron chi connectivity index (χ2n) is 7.50. The Balaban J connectivity index is 1.39. The molecule has 1 aliphatic rings. The first-order valence-electron chi connectivity index (χ1n) is 10.2. The number of carbonyl (C=O) groups excluding carboxylic acids is 1. The molecule has 160 valence electrons. The number of aromatic nitrogens is 1. The maximum atomic E-state index is 12.7. The smallest absolute Gasteiger partial charge is 0.278 e. The first-order valence-corrected chi connectivity index (χ1v) is 10.2. The number of carbonyl (C=O) groups is 1. The Bertz CT molecular complexity index is 1090. The molecule has 8 heteroatoms. The van der Waals surface area contributed by atoms with Crippen LogP contribution in [0.2, 0.25) is 0 Å². The van der Waals surface area contributed by atoms with Crippen LogP contribution >= 0.6 is 0 Å². The number of non-ortho nitro benzene ring substituents is 1. The number of anilines is 1. The molecule has 0 bridgehead atoms. The number of rotatable bonds is 6. The summed E-state index contributed by atoms with van der Waals surface area (Å²) in [6, 6.07) is 12.9. The van der Waals surface area contributed by atoms with Gasteiger partial charge in [-0.1, -0.05) is 12.1 Å². The zero-order valence-corrected chi connectivity index (χ0v) is 17.4. The molecule has 1 fully saturated rings. The van der Waals surface area contributed by atoms with Gasteiger partial charge in [0.25, 0.3) is 5.69 Å². The van der Waals surface area contributed by atoms with Crippen molar-refractivity contribution in [2.75, 3.05) is 38.2 Å². The van der Waals surface area contributed by atoms with Gasteiger partial charge in [0.1, 0.15) is 5.75 Å². The van der Waals surface area contributed by atoms with Crippen LogP contribution in [0.15, 0.2) is 54.9 Å². The molecule has 8 nitrogen and oxygen atoms in total. The molecule has 0 N–H and O–H groups in total. The van der Waals surface area contributed by atoms with Crippen molar-refractivity contribution in [3.05, 3.63) is 70.5 Å². The minimum absolute atomic E-state index is 0.0548. The van der Waals surface area contributed by atoms with E-state index in [9.17, 15) is 14.9 Å². The van der Waals surface area contributed by atoms with Gasteiger partial charge >= 0.3 is 0 Å². The minimum atomic E-state index is -0.382. The summed E-state index contributed by atoms with van der Waals surface area (Å²) in [7, 11) is 1.63. The molecule has 1 aliphatic heterocycles. The number of hydrogen-bond donors (Lipinski definition) is 0. The van der Waals surface area contributed by atoms with Crippen LogP contribution in [0.4, 0.5) is 11.4 Å². The van der Waals surface area contributed by atoms with Gasteiger partial charge in [-0.3, -0.25) is 19.9 Å². The fraction of sp³-hybridized carbons (Fsp3) is 0.304. The molecule has 1 amide bonds. The van der Waals surface area contributed by atoms with Gasteiger partial charge in [-0.25, -0.2) is 0 Å². The van der Waals surface area contributed by atoms with Gasteiger partial charge in [0.05, 0.1) is 17.4 Å². The largest absolute Gasteiger partial charge is 0.497 e. The summed E-state index contributed by atoms with van der Waals surface area (Å²) in [6.45, 7) is 2.63. The van der Waals surface area contributed by atoms with Gasteiger partial charge in [0.15, 0.2) is 0 Å². The third-order valence-corrected chi connectivity index (χ3v) is 5.73. The van der Waals surface area contributed by atoms with Crippen molar-refractivity contribution in [3.63, 3.8) is 0 Å². The van der Waals surface area contributed by atoms with Crippen molar-refractivity contribution < 1.29 is 14.5 Å². The van der Waals surface area contributed by atoms with Crippen LogP contribution in [0.5, 0.6) is 5.75 Å². The lowest BCUT2D eigenvalue weighted by Crippen LogP contribution is -2.48. The highest BCUT2D eigenvalue weighted by Gasteiger charge is 2.24. The Morgan fingerprint density at radius 3 is 2.48 bits per heavy atom. The van der Waals surface area contributed by atoms with Crippen LogP contribution in [-0.4, -0.2) is 54.0 Å². The van der Waals surface area contributed by atoms with Crippen molar-refractivity contribution in [1.82, 2.24) is 9.88 Å². The average molecular weight is 420 g/mol. The standard InChI is InChI=1S/C23H24N4O4/c1-31-18-5-2-17(3-6-18)4-9-23(28)26-14-12-25(13-15-26)21-7-8-22(27(29)30)20-16-24-11-10-19(20)21/h2-3,5-8,10-11,16H,4,9,12-15H2,1H3. The molecule has 0 spiro atoms. The summed E-state index contributed by atoms with van der Waals surface area (Å²) in [5.74, 6) is 0.953. The topological polar surface area (TPSA) is 88.8 Å². The summed E-state index contributed by atoms with van der Waals surface area (Å²) >= 11 is 0. The number of hydrogen-bond acceptors (Lipinski definition) is 6. The zero-order valence-electron chi connectivity index (χ0n) is 17.4. The number of pyridine rings is 1. The van der Waals surface area contributed by atoms with Gasteiger partial charge in [-0.15, -0.1) is 0 Å². The third kappa shape index (κ3) is 4.42. The number of aryl methyl sites for hydroxylation is 1.